The molecule has 1 amide bonds. The summed E-state index contributed by atoms with van der Waals surface area (Å²) in [6.07, 6.45) is 0.948. The van der Waals surface area contributed by atoms with Crippen LogP contribution >= 0.6 is 24.0 Å². The highest BCUT2D eigenvalue weighted by molar-refractivity contribution is 6.30. The van der Waals surface area contributed by atoms with Crippen molar-refractivity contribution in [2.45, 2.75) is 12.5 Å². The van der Waals surface area contributed by atoms with Crippen molar-refractivity contribution in [3.05, 3.63) is 59.1 Å². The van der Waals surface area contributed by atoms with Gasteiger partial charge in [-0.2, -0.15) is 4.98 Å². The minimum atomic E-state index is -0.0539. The summed E-state index contributed by atoms with van der Waals surface area (Å²) in [5, 5.41) is 7.93. The molecule has 0 spiro atoms. The lowest BCUT2D eigenvalue weighted by Crippen LogP contribution is -2.38. The summed E-state index contributed by atoms with van der Waals surface area (Å²) in [5.41, 5.74) is 1.93. The van der Waals surface area contributed by atoms with Crippen LogP contribution in [0.25, 0.3) is 22.8 Å². The first-order valence-corrected chi connectivity index (χ1v) is 9.18. The van der Waals surface area contributed by atoms with E-state index in [-0.39, 0.29) is 24.4 Å². The van der Waals surface area contributed by atoms with Crippen molar-refractivity contribution in [2.75, 3.05) is 20.1 Å². The zero-order chi connectivity index (χ0) is 18.8. The predicted molar refractivity (Wildman–Crippen MR) is 111 cm³/mol. The third-order valence-corrected chi connectivity index (χ3v) is 5.03. The molecule has 3 aromatic rings. The first-order valence-electron chi connectivity index (χ1n) is 8.80. The first kappa shape index (κ1) is 20.3. The zero-order valence-corrected chi connectivity index (χ0v) is 16.8. The van der Waals surface area contributed by atoms with E-state index >= 15 is 0 Å². The Hall–Kier alpha value is -2.41. The van der Waals surface area contributed by atoms with E-state index in [2.05, 4.69) is 15.5 Å². The minimum Gasteiger partial charge on any atom is -0.337 e. The summed E-state index contributed by atoms with van der Waals surface area (Å²) in [6.45, 7) is 1.74. The number of aromatic nitrogens is 2. The van der Waals surface area contributed by atoms with Crippen molar-refractivity contribution in [3.63, 3.8) is 0 Å². The molecule has 28 heavy (non-hydrogen) atoms. The molecule has 0 bridgehead atoms. The number of amides is 1. The molecular weight excluding hydrogens is 399 g/mol. The summed E-state index contributed by atoms with van der Waals surface area (Å²) in [6, 6.07) is 14.7. The lowest BCUT2D eigenvalue weighted by molar-refractivity contribution is 0.0744. The third-order valence-electron chi connectivity index (χ3n) is 4.80. The van der Waals surface area contributed by atoms with Crippen LogP contribution in [0, 0.1) is 0 Å². The fourth-order valence-corrected chi connectivity index (χ4v) is 3.45. The Morgan fingerprint density at radius 1 is 1.25 bits per heavy atom. The van der Waals surface area contributed by atoms with Crippen LogP contribution in [0.2, 0.25) is 5.02 Å². The molecule has 1 N–H and O–H groups in total. The SMILES string of the molecule is CN(C(=O)c1ccccc1-c1nc(-c2cccc(Cl)c2)no1)C1CCNC1.Cl. The normalized spacial score (nSPS) is 15.9. The number of likely N-dealkylation sites (N-methyl/N-ethyl adjacent to an activating group) is 1. The van der Waals surface area contributed by atoms with Crippen molar-refractivity contribution in [3.8, 4) is 22.8 Å². The van der Waals surface area contributed by atoms with E-state index in [0.717, 1.165) is 25.1 Å². The molecule has 1 saturated heterocycles. The highest BCUT2D eigenvalue weighted by Gasteiger charge is 2.26. The second-order valence-electron chi connectivity index (χ2n) is 6.54. The molecule has 0 radical (unpaired) electrons. The zero-order valence-electron chi connectivity index (χ0n) is 15.3. The number of carbonyl (C=O) groups is 1. The predicted octanol–water partition coefficient (Wildman–Crippen LogP) is 3.91. The van der Waals surface area contributed by atoms with E-state index in [0.29, 0.717) is 27.9 Å². The topological polar surface area (TPSA) is 71.3 Å². The Morgan fingerprint density at radius 2 is 2.07 bits per heavy atom. The van der Waals surface area contributed by atoms with Gasteiger partial charge in [0.25, 0.3) is 11.8 Å². The molecule has 0 aliphatic carbocycles. The van der Waals surface area contributed by atoms with E-state index < -0.39 is 0 Å². The van der Waals surface area contributed by atoms with Gasteiger partial charge in [-0.1, -0.05) is 41.0 Å². The summed E-state index contributed by atoms with van der Waals surface area (Å²) < 4.78 is 5.45. The van der Waals surface area contributed by atoms with Gasteiger partial charge in [-0.15, -0.1) is 12.4 Å². The number of hydrogen-bond donors (Lipinski definition) is 1. The number of benzene rings is 2. The molecule has 4 rings (SSSR count). The number of rotatable bonds is 4. The number of nitrogens with zero attached hydrogens (tertiary/aromatic N) is 3. The number of carbonyl (C=O) groups excluding carboxylic acids is 1. The maximum atomic E-state index is 13.0. The monoisotopic (exact) mass is 418 g/mol. The lowest BCUT2D eigenvalue weighted by Gasteiger charge is -2.24. The molecule has 1 aliphatic heterocycles. The van der Waals surface area contributed by atoms with Crippen LogP contribution in [-0.4, -0.2) is 47.1 Å². The van der Waals surface area contributed by atoms with Gasteiger partial charge in [0, 0.05) is 30.2 Å². The van der Waals surface area contributed by atoms with Gasteiger partial charge in [0.05, 0.1) is 11.1 Å². The number of nitrogens with one attached hydrogen (secondary N) is 1. The Balaban J connectivity index is 0.00000225. The molecule has 1 aliphatic rings. The fourth-order valence-electron chi connectivity index (χ4n) is 3.26. The smallest absolute Gasteiger partial charge is 0.259 e. The summed E-state index contributed by atoms with van der Waals surface area (Å²) in [4.78, 5) is 19.3. The van der Waals surface area contributed by atoms with Gasteiger partial charge in [-0.3, -0.25) is 4.79 Å². The molecule has 146 valence electrons. The lowest BCUT2D eigenvalue weighted by atomic mass is 10.1. The van der Waals surface area contributed by atoms with Crippen LogP contribution in [0.5, 0.6) is 0 Å². The Kier molecular flexibility index (Phi) is 6.34. The van der Waals surface area contributed by atoms with Crippen LogP contribution in [0.4, 0.5) is 0 Å². The molecule has 8 heteroatoms. The average molecular weight is 419 g/mol. The second kappa shape index (κ2) is 8.73. The second-order valence-corrected chi connectivity index (χ2v) is 6.98. The van der Waals surface area contributed by atoms with Crippen LogP contribution in [0.3, 0.4) is 0 Å². The Bertz CT molecular complexity index is 970. The van der Waals surface area contributed by atoms with Gasteiger partial charge >= 0.3 is 0 Å². The maximum Gasteiger partial charge on any atom is 0.259 e. The van der Waals surface area contributed by atoms with E-state index in [9.17, 15) is 4.79 Å². The van der Waals surface area contributed by atoms with Crippen molar-refractivity contribution in [1.82, 2.24) is 20.4 Å². The summed E-state index contributed by atoms with van der Waals surface area (Å²) >= 11 is 6.04. The van der Waals surface area contributed by atoms with Gasteiger partial charge in [0.2, 0.25) is 5.82 Å². The molecule has 1 aromatic heterocycles. The van der Waals surface area contributed by atoms with Crippen molar-refractivity contribution < 1.29 is 9.32 Å². The van der Waals surface area contributed by atoms with Crippen molar-refractivity contribution >= 4 is 29.9 Å². The average Bonchev–Trinajstić information content (AvgIpc) is 3.39. The van der Waals surface area contributed by atoms with E-state index in [1.807, 2.05) is 37.4 Å². The van der Waals surface area contributed by atoms with Crippen molar-refractivity contribution in [1.29, 1.82) is 0 Å². The van der Waals surface area contributed by atoms with Gasteiger partial charge in [-0.05, 0) is 37.2 Å². The standard InChI is InChI=1S/C20H19ClN4O2.ClH/c1-25(15-9-10-22-12-15)20(26)17-8-3-2-7-16(17)19-23-18(24-27-19)13-5-4-6-14(21)11-13;/h2-8,11,15,22H,9-10,12H2,1H3;1H. The van der Waals surface area contributed by atoms with Gasteiger partial charge in [0.15, 0.2) is 0 Å². The molecule has 6 nitrogen and oxygen atoms in total. The molecule has 2 heterocycles. The van der Waals surface area contributed by atoms with E-state index in [1.165, 1.54) is 0 Å². The molecule has 0 saturated carbocycles. The van der Waals surface area contributed by atoms with E-state index in [4.69, 9.17) is 16.1 Å². The van der Waals surface area contributed by atoms with Crippen LogP contribution in [-0.2, 0) is 0 Å². The van der Waals surface area contributed by atoms with Crippen molar-refractivity contribution in [2.24, 2.45) is 0 Å². The highest BCUT2D eigenvalue weighted by Crippen LogP contribution is 2.27. The van der Waals surface area contributed by atoms with Gasteiger partial charge < -0.3 is 14.7 Å². The number of hydrogen-bond acceptors (Lipinski definition) is 5. The molecule has 1 unspecified atom stereocenters. The first-order chi connectivity index (χ1) is 13.1. The quantitative estimate of drug-likeness (QED) is 0.694. The van der Waals surface area contributed by atoms with Gasteiger partial charge in [0.1, 0.15) is 0 Å². The molecule has 1 atom stereocenters. The molecule has 2 aromatic carbocycles. The molecular formula is C20H20Cl2N4O2. The highest BCUT2D eigenvalue weighted by atomic mass is 35.5. The van der Waals surface area contributed by atoms with E-state index in [1.54, 1.807) is 23.1 Å². The van der Waals surface area contributed by atoms with Crippen LogP contribution in [0.1, 0.15) is 16.8 Å². The fraction of sp³-hybridized carbons (Fsp3) is 0.250. The summed E-state index contributed by atoms with van der Waals surface area (Å²) in [5.74, 6) is 0.691. The third kappa shape index (κ3) is 4.04. The maximum absolute atomic E-state index is 13.0. The minimum absolute atomic E-state index is 0. The summed E-state index contributed by atoms with van der Waals surface area (Å²) in [7, 11) is 1.84. The van der Waals surface area contributed by atoms with Gasteiger partial charge in [-0.25, -0.2) is 0 Å². The van der Waals surface area contributed by atoms with Crippen LogP contribution in [0.15, 0.2) is 53.1 Å². The Morgan fingerprint density at radius 3 is 2.82 bits per heavy atom. The number of halogens is 2. The largest absolute Gasteiger partial charge is 0.337 e. The Labute approximate surface area is 174 Å². The molecule has 1 fully saturated rings. The van der Waals surface area contributed by atoms with Crippen LogP contribution < -0.4 is 5.32 Å².